The minimum Gasteiger partial charge on any atom is -0.296 e. The van der Waals surface area contributed by atoms with Gasteiger partial charge in [0.15, 0.2) is 0 Å². The van der Waals surface area contributed by atoms with Crippen LogP contribution in [0, 0.1) is 0 Å². The SMILES string of the molecule is CCCCc1nc2ccccc2n1-c1ccc(-c2c3ccccc3c(-c3ccccc3)c3cc(-c4ccccc4)ccc23)cc1. The molecule has 0 spiro atoms. The maximum Gasteiger partial charge on any atom is 0.114 e. The fraction of sp³-hybridized carbons (Fsp3) is 0.0930. The molecule has 8 rings (SSSR count). The second-order valence-corrected chi connectivity index (χ2v) is 11.8. The van der Waals surface area contributed by atoms with Crippen molar-refractivity contribution in [3.63, 3.8) is 0 Å². The first-order chi connectivity index (χ1) is 22.3. The number of rotatable bonds is 7. The highest BCUT2D eigenvalue weighted by atomic mass is 15.1. The molecule has 216 valence electrons. The first kappa shape index (κ1) is 27.1. The van der Waals surface area contributed by atoms with Gasteiger partial charge in [-0.1, -0.05) is 135 Å². The van der Waals surface area contributed by atoms with Crippen LogP contribution in [-0.2, 0) is 6.42 Å². The van der Waals surface area contributed by atoms with E-state index in [-0.39, 0.29) is 0 Å². The Labute approximate surface area is 264 Å². The fourth-order valence-corrected chi connectivity index (χ4v) is 6.86. The van der Waals surface area contributed by atoms with Crippen LogP contribution in [0.3, 0.4) is 0 Å². The fourth-order valence-electron chi connectivity index (χ4n) is 6.86. The molecule has 0 aliphatic heterocycles. The average molecular weight is 579 g/mol. The van der Waals surface area contributed by atoms with Crippen molar-refractivity contribution in [2.75, 3.05) is 0 Å². The van der Waals surface area contributed by atoms with Crippen LogP contribution >= 0.6 is 0 Å². The van der Waals surface area contributed by atoms with Crippen molar-refractivity contribution in [3.05, 3.63) is 157 Å². The number of hydrogen-bond acceptors (Lipinski definition) is 1. The Balaban J connectivity index is 1.36. The van der Waals surface area contributed by atoms with Crippen LogP contribution in [0.25, 0.3) is 71.6 Å². The highest BCUT2D eigenvalue weighted by molar-refractivity contribution is 6.22. The van der Waals surface area contributed by atoms with Crippen molar-refractivity contribution in [3.8, 4) is 39.1 Å². The summed E-state index contributed by atoms with van der Waals surface area (Å²) in [6.07, 6.45) is 3.23. The quantitative estimate of drug-likeness (QED) is 0.172. The zero-order chi connectivity index (χ0) is 30.2. The summed E-state index contributed by atoms with van der Waals surface area (Å²) in [5, 5.41) is 5.06. The van der Waals surface area contributed by atoms with Crippen LogP contribution < -0.4 is 0 Å². The molecule has 0 bridgehead atoms. The molecule has 1 aromatic heterocycles. The number of nitrogens with zero attached hydrogens (tertiary/aromatic N) is 2. The van der Waals surface area contributed by atoms with Gasteiger partial charge in [0.05, 0.1) is 11.0 Å². The second kappa shape index (κ2) is 11.6. The lowest BCUT2D eigenvalue weighted by atomic mass is 9.85. The molecular formula is C43H34N2. The van der Waals surface area contributed by atoms with Gasteiger partial charge in [0.25, 0.3) is 0 Å². The number of benzene rings is 7. The Morgan fingerprint density at radius 3 is 1.76 bits per heavy atom. The molecule has 0 saturated heterocycles. The summed E-state index contributed by atoms with van der Waals surface area (Å²) < 4.78 is 2.34. The number of unbranched alkanes of at least 4 members (excludes halogenated alkanes) is 1. The third-order valence-electron chi connectivity index (χ3n) is 8.99. The highest BCUT2D eigenvalue weighted by Gasteiger charge is 2.18. The summed E-state index contributed by atoms with van der Waals surface area (Å²) >= 11 is 0. The Morgan fingerprint density at radius 2 is 1.04 bits per heavy atom. The Kier molecular flexibility index (Phi) is 6.96. The molecule has 7 aromatic carbocycles. The number of imidazole rings is 1. The zero-order valence-corrected chi connectivity index (χ0v) is 25.4. The molecule has 0 atom stereocenters. The minimum absolute atomic E-state index is 0.965. The smallest absolute Gasteiger partial charge is 0.114 e. The number of hydrogen-bond donors (Lipinski definition) is 0. The summed E-state index contributed by atoms with van der Waals surface area (Å²) in [7, 11) is 0. The summed E-state index contributed by atoms with van der Waals surface area (Å²) in [6.45, 7) is 2.24. The van der Waals surface area contributed by atoms with Crippen molar-refractivity contribution in [1.29, 1.82) is 0 Å². The molecule has 2 nitrogen and oxygen atoms in total. The number of aromatic nitrogens is 2. The van der Waals surface area contributed by atoms with E-state index in [4.69, 9.17) is 4.98 Å². The van der Waals surface area contributed by atoms with Crippen LogP contribution in [-0.4, -0.2) is 9.55 Å². The Bertz CT molecular complexity index is 2280. The van der Waals surface area contributed by atoms with E-state index in [1.807, 2.05) is 0 Å². The average Bonchev–Trinajstić information content (AvgIpc) is 3.48. The topological polar surface area (TPSA) is 17.8 Å². The van der Waals surface area contributed by atoms with Gasteiger partial charge in [-0.05, 0) is 91.7 Å². The van der Waals surface area contributed by atoms with E-state index in [0.29, 0.717) is 0 Å². The molecule has 0 fully saturated rings. The zero-order valence-electron chi connectivity index (χ0n) is 25.4. The lowest BCUT2D eigenvalue weighted by Crippen LogP contribution is -2.01. The molecule has 0 aliphatic rings. The molecule has 45 heavy (non-hydrogen) atoms. The lowest BCUT2D eigenvalue weighted by molar-refractivity contribution is 0.744. The standard InChI is InChI=1S/C43H34N2/c1-2-3-22-41-44-39-20-12-13-21-40(39)45(41)34-26-23-32(24-27-34)42-35-18-10-11-19-36(35)43(31-16-8-5-9-17-31)38-29-33(25-28-37(38)42)30-14-6-4-7-15-30/h4-21,23-29H,2-3,22H2,1H3. The summed E-state index contributed by atoms with van der Waals surface area (Å²) in [5.74, 6) is 1.13. The van der Waals surface area contributed by atoms with E-state index in [1.165, 1.54) is 54.9 Å². The molecule has 0 unspecified atom stereocenters. The third-order valence-corrected chi connectivity index (χ3v) is 8.99. The van der Waals surface area contributed by atoms with Crippen LogP contribution in [0.1, 0.15) is 25.6 Å². The van der Waals surface area contributed by atoms with Gasteiger partial charge in [-0.15, -0.1) is 0 Å². The molecule has 0 radical (unpaired) electrons. The number of para-hydroxylation sites is 2. The van der Waals surface area contributed by atoms with E-state index in [9.17, 15) is 0 Å². The predicted molar refractivity (Wildman–Crippen MR) is 191 cm³/mol. The van der Waals surface area contributed by atoms with Crippen LogP contribution in [0.2, 0.25) is 0 Å². The van der Waals surface area contributed by atoms with Gasteiger partial charge in [-0.25, -0.2) is 4.98 Å². The molecule has 0 saturated carbocycles. The van der Waals surface area contributed by atoms with Gasteiger partial charge in [0.2, 0.25) is 0 Å². The minimum atomic E-state index is 0.965. The first-order valence-corrected chi connectivity index (χ1v) is 16.0. The maximum atomic E-state index is 5.02. The van der Waals surface area contributed by atoms with Crippen LogP contribution in [0.4, 0.5) is 0 Å². The van der Waals surface area contributed by atoms with Gasteiger partial charge >= 0.3 is 0 Å². The van der Waals surface area contributed by atoms with Gasteiger partial charge < -0.3 is 0 Å². The third kappa shape index (κ3) is 4.80. The van der Waals surface area contributed by atoms with E-state index < -0.39 is 0 Å². The van der Waals surface area contributed by atoms with E-state index >= 15 is 0 Å². The van der Waals surface area contributed by atoms with Crippen molar-refractivity contribution in [2.24, 2.45) is 0 Å². The van der Waals surface area contributed by atoms with Crippen molar-refractivity contribution in [1.82, 2.24) is 9.55 Å². The molecule has 0 N–H and O–H groups in total. The molecule has 8 aromatic rings. The monoisotopic (exact) mass is 578 g/mol. The van der Waals surface area contributed by atoms with Crippen LogP contribution in [0.5, 0.6) is 0 Å². The van der Waals surface area contributed by atoms with Crippen molar-refractivity contribution >= 4 is 32.6 Å². The highest BCUT2D eigenvalue weighted by Crippen LogP contribution is 2.45. The van der Waals surface area contributed by atoms with Crippen molar-refractivity contribution < 1.29 is 0 Å². The van der Waals surface area contributed by atoms with Gasteiger partial charge in [0.1, 0.15) is 5.82 Å². The molecule has 0 amide bonds. The van der Waals surface area contributed by atoms with Gasteiger partial charge in [-0.3, -0.25) is 4.57 Å². The van der Waals surface area contributed by atoms with E-state index in [1.54, 1.807) is 0 Å². The predicted octanol–water partition coefficient (Wildman–Crippen LogP) is 11.7. The summed E-state index contributed by atoms with van der Waals surface area (Å²) in [6, 6.07) is 55.0. The number of aryl methyl sites for hydroxylation is 1. The van der Waals surface area contributed by atoms with Gasteiger partial charge in [-0.2, -0.15) is 0 Å². The Morgan fingerprint density at radius 1 is 0.489 bits per heavy atom. The van der Waals surface area contributed by atoms with Crippen LogP contribution in [0.15, 0.2) is 152 Å². The molecular weight excluding hydrogens is 544 g/mol. The Hall–Kier alpha value is -5.47. The second-order valence-electron chi connectivity index (χ2n) is 11.8. The summed E-state index contributed by atoms with van der Waals surface area (Å²) in [5.41, 5.74) is 10.8. The maximum absolute atomic E-state index is 5.02. The molecule has 0 aliphatic carbocycles. The largest absolute Gasteiger partial charge is 0.296 e. The van der Waals surface area contributed by atoms with E-state index in [2.05, 4.69) is 163 Å². The first-order valence-electron chi connectivity index (χ1n) is 16.0. The lowest BCUT2D eigenvalue weighted by Gasteiger charge is -2.19. The van der Waals surface area contributed by atoms with E-state index in [0.717, 1.165) is 41.8 Å². The molecule has 2 heteroatoms. The summed E-state index contributed by atoms with van der Waals surface area (Å²) in [4.78, 5) is 5.02. The number of fused-ring (bicyclic) bond motifs is 3. The van der Waals surface area contributed by atoms with Crippen molar-refractivity contribution in [2.45, 2.75) is 26.2 Å². The van der Waals surface area contributed by atoms with Gasteiger partial charge in [0, 0.05) is 12.1 Å². The molecule has 1 heterocycles. The normalized spacial score (nSPS) is 11.5.